The molecule has 0 fully saturated rings. The van der Waals surface area contributed by atoms with E-state index < -0.39 is 12.0 Å². The molecule has 1 atom stereocenters. The Hall–Kier alpha value is -1.65. The highest BCUT2D eigenvalue weighted by atomic mass is 32.1. The number of rotatable bonds is 7. The zero-order valence-electron chi connectivity index (χ0n) is 11.0. The Kier molecular flexibility index (Phi) is 5.73. The van der Waals surface area contributed by atoms with Crippen molar-refractivity contribution in [3.8, 4) is 6.07 Å². The molecule has 0 aromatic carbocycles. The van der Waals surface area contributed by atoms with Crippen molar-refractivity contribution in [1.82, 2.24) is 4.98 Å². The fourth-order valence-electron chi connectivity index (χ4n) is 1.58. The van der Waals surface area contributed by atoms with Crippen LogP contribution in [0.4, 0.5) is 5.13 Å². The molecule has 1 aromatic heterocycles. The van der Waals surface area contributed by atoms with E-state index in [1.807, 2.05) is 4.90 Å². The molecule has 0 bridgehead atoms. The fraction of sp³-hybridized carbons (Fsp3) is 0.583. The smallest absolute Gasteiger partial charge is 0.326 e. The van der Waals surface area contributed by atoms with Gasteiger partial charge in [0.2, 0.25) is 0 Å². The maximum Gasteiger partial charge on any atom is 0.326 e. The number of carboxylic acids is 1. The lowest BCUT2D eigenvalue weighted by molar-refractivity contribution is -0.138. The van der Waals surface area contributed by atoms with Crippen molar-refractivity contribution < 1.29 is 9.90 Å². The SMILES string of the molecule is CC(C)CN(CCC#N)c1nc(C(N)C(=O)O)cs1. The molecule has 104 valence electrons. The minimum absolute atomic E-state index is 0.359. The van der Waals surface area contributed by atoms with Crippen molar-refractivity contribution in [3.05, 3.63) is 11.1 Å². The van der Waals surface area contributed by atoms with Gasteiger partial charge in [0.15, 0.2) is 5.13 Å². The number of carboxylic acid groups (broad SMARTS) is 1. The van der Waals surface area contributed by atoms with E-state index in [0.29, 0.717) is 24.6 Å². The molecule has 0 aliphatic carbocycles. The number of hydrogen-bond donors (Lipinski definition) is 2. The number of nitrogens with two attached hydrogens (primary N) is 1. The molecule has 1 aromatic rings. The normalized spacial score (nSPS) is 12.2. The summed E-state index contributed by atoms with van der Waals surface area (Å²) in [5.74, 6) is -0.663. The minimum Gasteiger partial charge on any atom is -0.480 e. The summed E-state index contributed by atoms with van der Waals surface area (Å²) in [7, 11) is 0. The van der Waals surface area contributed by atoms with Crippen LogP contribution >= 0.6 is 11.3 Å². The zero-order chi connectivity index (χ0) is 14.4. The molecule has 1 rings (SSSR count). The summed E-state index contributed by atoms with van der Waals surface area (Å²) in [5, 5.41) is 19.9. The lowest BCUT2D eigenvalue weighted by Gasteiger charge is -2.22. The first-order valence-electron chi connectivity index (χ1n) is 6.01. The largest absolute Gasteiger partial charge is 0.480 e. The monoisotopic (exact) mass is 282 g/mol. The van der Waals surface area contributed by atoms with Crippen LogP contribution in [0.1, 0.15) is 32.0 Å². The molecule has 0 saturated carbocycles. The summed E-state index contributed by atoms with van der Waals surface area (Å²) in [5.41, 5.74) is 5.89. The number of aliphatic carboxylic acids is 1. The quantitative estimate of drug-likeness (QED) is 0.787. The topological polar surface area (TPSA) is 103 Å². The van der Waals surface area contributed by atoms with Crippen molar-refractivity contribution >= 4 is 22.4 Å². The van der Waals surface area contributed by atoms with Gasteiger partial charge < -0.3 is 15.7 Å². The van der Waals surface area contributed by atoms with Crippen LogP contribution in [0.2, 0.25) is 0 Å². The molecule has 6 nitrogen and oxygen atoms in total. The van der Waals surface area contributed by atoms with E-state index in [1.54, 1.807) is 5.38 Å². The van der Waals surface area contributed by atoms with Crippen molar-refractivity contribution in [2.24, 2.45) is 11.7 Å². The molecular formula is C12H18N4O2S. The van der Waals surface area contributed by atoms with Crippen LogP contribution in [0.5, 0.6) is 0 Å². The Balaban J connectivity index is 2.85. The highest BCUT2D eigenvalue weighted by molar-refractivity contribution is 7.13. The fourth-order valence-corrected chi connectivity index (χ4v) is 2.48. The van der Waals surface area contributed by atoms with E-state index in [4.69, 9.17) is 16.1 Å². The second-order valence-corrected chi connectivity index (χ2v) is 5.46. The summed E-state index contributed by atoms with van der Waals surface area (Å²) in [4.78, 5) is 17.1. The Morgan fingerprint density at radius 1 is 1.68 bits per heavy atom. The number of aromatic nitrogens is 1. The maximum atomic E-state index is 10.8. The molecule has 3 N–H and O–H groups in total. The maximum absolute atomic E-state index is 10.8. The van der Waals surface area contributed by atoms with Crippen LogP contribution in [0.3, 0.4) is 0 Å². The van der Waals surface area contributed by atoms with E-state index in [0.717, 1.165) is 11.7 Å². The van der Waals surface area contributed by atoms with Crippen LogP contribution in [0.15, 0.2) is 5.38 Å². The molecule has 0 amide bonds. The second-order valence-electron chi connectivity index (χ2n) is 4.62. The number of hydrogen-bond acceptors (Lipinski definition) is 6. The molecular weight excluding hydrogens is 264 g/mol. The number of nitriles is 1. The van der Waals surface area contributed by atoms with Gasteiger partial charge in [0, 0.05) is 18.5 Å². The van der Waals surface area contributed by atoms with E-state index in [2.05, 4.69) is 24.9 Å². The number of carbonyl (C=O) groups is 1. The van der Waals surface area contributed by atoms with Crippen molar-refractivity contribution in [1.29, 1.82) is 5.26 Å². The van der Waals surface area contributed by atoms with Gasteiger partial charge >= 0.3 is 5.97 Å². The molecule has 0 aliphatic rings. The van der Waals surface area contributed by atoms with E-state index in [9.17, 15) is 4.79 Å². The summed E-state index contributed by atoms with van der Waals surface area (Å²) >= 11 is 1.36. The van der Waals surface area contributed by atoms with E-state index in [1.165, 1.54) is 11.3 Å². The lowest BCUT2D eigenvalue weighted by atomic mass is 10.2. The van der Waals surface area contributed by atoms with Crippen molar-refractivity contribution in [3.63, 3.8) is 0 Å². The Labute approximate surface area is 116 Å². The minimum atomic E-state index is -1.10. The Morgan fingerprint density at radius 3 is 2.89 bits per heavy atom. The first kappa shape index (κ1) is 15.4. The van der Waals surface area contributed by atoms with Crippen LogP contribution in [-0.4, -0.2) is 29.1 Å². The van der Waals surface area contributed by atoms with Crippen LogP contribution < -0.4 is 10.6 Å². The standard InChI is InChI=1S/C12H18N4O2S/c1-8(2)6-16(5-3-4-13)12-15-9(7-19-12)10(14)11(17)18/h7-8,10H,3,5-6,14H2,1-2H3,(H,17,18). The summed E-state index contributed by atoms with van der Waals surface area (Å²) < 4.78 is 0. The van der Waals surface area contributed by atoms with Gasteiger partial charge in [-0.1, -0.05) is 13.8 Å². The molecule has 19 heavy (non-hydrogen) atoms. The molecule has 7 heteroatoms. The zero-order valence-corrected chi connectivity index (χ0v) is 11.9. The highest BCUT2D eigenvalue weighted by Gasteiger charge is 2.20. The lowest BCUT2D eigenvalue weighted by Crippen LogP contribution is -2.28. The van der Waals surface area contributed by atoms with Crippen molar-refractivity contribution in [2.75, 3.05) is 18.0 Å². The van der Waals surface area contributed by atoms with Gasteiger partial charge in [-0.25, -0.2) is 4.98 Å². The molecule has 1 unspecified atom stereocenters. The number of nitrogens with zero attached hydrogens (tertiary/aromatic N) is 3. The first-order chi connectivity index (χ1) is 8.95. The molecule has 0 saturated heterocycles. The van der Waals surface area contributed by atoms with Gasteiger partial charge in [-0.05, 0) is 5.92 Å². The van der Waals surface area contributed by atoms with Gasteiger partial charge in [0.25, 0.3) is 0 Å². The Morgan fingerprint density at radius 2 is 2.37 bits per heavy atom. The predicted molar refractivity (Wildman–Crippen MR) is 74.0 cm³/mol. The third kappa shape index (κ3) is 4.50. The number of anilines is 1. The second kappa shape index (κ2) is 7.07. The highest BCUT2D eigenvalue weighted by Crippen LogP contribution is 2.24. The summed E-state index contributed by atoms with van der Waals surface area (Å²) in [6.45, 7) is 5.52. The average Bonchev–Trinajstić information content (AvgIpc) is 2.82. The predicted octanol–water partition coefficient (Wildman–Crippen LogP) is 1.60. The van der Waals surface area contributed by atoms with Gasteiger partial charge in [0.1, 0.15) is 6.04 Å². The Bertz CT molecular complexity index is 467. The van der Waals surface area contributed by atoms with Gasteiger partial charge in [-0.3, -0.25) is 4.79 Å². The first-order valence-corrected chi connectivity index (χ1v) is 6.89. The summed E-state index contributed by atoms with van der Waals surface area (Å²) in [6, 6.07) is 1.01. The van der Waals surface area contributed by atoms with E-state index in [-0.39, 0.29) is 0 Å². The van der Waals surface area contributed by atoms with Gasteiger partial charge in [-0.15, -0.1) is 11.3 Å². The van der Waals surface area contributed by atoms with Crippen molar-refractivity contribution in [2.45, 2.75) is 26.3 Å². The van der Waals surface area contributed by atoms with Crippen LogP contribution in [0, 0.1) is 17.2 Å². The third-order valence-corrected chi connectivity index (χ3v) is 3.36. The number of thiazole rings is 1. The van der Waals surface area contributed by atoms with Crippen LogP contribution in [-0.2, 0) is 4.79 Å². The molecule has 1 heterocycles. The third-order valence-electron chi connectivity index (χ3n) is 2.44. The molecule has 0 aliphatic heterocycles. The average molecular weight is 282 g/mol. The molecule has 0 spiro atoms. The van der Waals surface area contributed by atoms with Crippen LogP contribution in [0.25, 0.3) is 0 Å². The van der Waals surface area contributed by atoms with Gasteiger partial charge in [0.05, 0.1) is 18.2 Å². The summed E-state index contributed by atoms with van der Waals surface area (Å²) in [6.07, 6.45) is 0.409. The van der Waals surface area contributed by atoms with Gasteiger partial charge in [-0.2, -0.15) is 5.26 Å². The molecule has 0 radical (unpaired) electrons. The van der Waals surface area contributed by atoms with E-state index >= 15 is 0 Å².